The highest BCUT2D eigenvalue weighted by atomic mass is 16.2. The summed E-state index contributed by atoms with van der Waals surface area (Å²) in [4.78, 5) is 35.6. The van der Waals surface area contributed by atoms with Gasteiger partial charge in [-0.15, -0.1) is 0 Å². The second-order valence-corrected chi connectivity index (χ2v) is 7.14. The summed E-state index contributed by atoms with van der Waals surface area (Å²) in [6.07, 6.45) is 0.113. The molecule has 0 saturated heterocycles. The molecule has 6 heteroatoms. The van der Waals surface area contributed by atoms with Crippen molar-refractivity contribution in [2.75, 3.05) is 13.1 Å². The molecular weight excluding hydrogens is 330 g/mol. The largest absolute Gasteiger partial charge is 0.352 e. The van der Waals surface area contributed by atoms with Crippen LogP contribution in [0.2, 0.25) is 0 Å². The maximum Gasteiger partial charge on any atom is 0.251 e. The van der Waals surface area contributed by atoms with Crippen molar-refractivity contribution in [1.29, 1.82) is 0 Å². The van der Waals surface area contributed by atoms with Crippen LogP contribution in [0.15, 0.2) is 42.5 Å². The molecule has 3 amide bonds. The van der Waals surface area contributed by atoms with Crippen LogP contribution in [0.4, 0.5) is 0 Å². The minimum absolute atomic E-state index is 0.0747. The van der Waals surface area contributed by atoms with Crippen molar-refractivity contribution in [3.05, 3.63) is 48.0 Å². The molecule has 0 radical (unpaired) electrons. The summed E-state index contributed by atoms with van der Waals surface area (Å²) in [6, 6.07) is 13.3. The minimum Gasteiger partial charge on any atom is -0.352 e. The Bertz CT molecular complexity index is 809. The summed E-state index contributed by atoms with van der Waals surface area (Å²) in [5.41, 5.74) is 0.212. The Morgan fingerprint density at radius 3 is 2.27 bits per heavy atom. The lowest BCUT2D eigenvalue weighted by atomic mass is 10.1. The Labute approximate surface area is 153 Å². The smallest absolute Gasteiger partial charge is 0.251 e. The SMILES string of the molecule is CC(C)(C)NC(=O)CNC(=O)CCNC(=O)c1ccc2ccccc2c1. The van der Waals surface area contributed by atoms with Gasteiger partial charge in [0.25, 0.3) is 5.91 Å². The van der Waals surface area contributed by atoms with E-state index in [-0.39, 0.29) is 42.8 Å². The lowest BCUT2D eigenvalue weighted by Gasteiger charge is -2.20. The topological polar surface area (TPSA) is 87.3 Å². The Morgan fingerprint density at radius 1 is 0.885 bits per heavy atom. The van der Waals surface area contributed by atoms with Gasteiger partial charge in [0.15, 0.2) is 0 Å². The van der Waals surface area contributed by atoms with E-state index >= 15 is 0 Å². The number of hydrogen-bond acceptors (Lipinski definition) is 3. The molecule has 2 aromatic carbocycles. The number of hydrogen-bond donors (Lipinski definition) is 3. The van der Waals surface area contributed by atoms with Crippen molar-refractivity contribution in [1.82, 2.24) is 16.0 Å². The first-order valence-electron chi connectivity index (χ1n) is 8.59. The van der Waals surface area contributed by atoms with Gasteiger partial charge in [0.1, 0.15) is 0 Å². The van der Waals surface area contributed by atoms with Crippen LogP contribution < -0.4 is 16.0 Å². The van der Waals surface area contributed by atoms with Gasteiger partial charge >= 0.3 is 0 Å². The molecule has 0 aromatic heterocycles. The van der Waals surface area contributed by atoms with Gasteiger partial charge in [-0.1, -0.05) is 30.3 Å². The van der Waals surface area contributed by atoms with Crippen molar-refractivity contribution >= 4 is 28.5 Å². The number of rotatable bonds is 6. The van der Waals surface area contributed by atoms with E-state index in [0.717, 1.165) is 10.8 Å². The molecule has 2 rings (SSSR count). The standard InChI is InChI=1S/C20H25N3O3/c1-20(2,3)23-18(25)13-22-17(24)10-11-21-19(26)16-9-8-14-6-4-5-7-15(14)12-16/h4-9,12H,10-11,13H2,1-3H3,(H,21,26)(H,22,24)(H,23,25). The van der Waals surface area contributed by atoms with Crippen LogP contribution in [0.5, 0.6) is 0 Å². The molecule has 6 nitrogen and oxygen atoms in total. The zero-order valence-electron chi connectivity index (χ0n) is 15.4. The summed E-state index contributed by atoms with van der Waals surface area (Å²) in [7, 11) is 0. The molecule has 26 heavy (non-hydrogen) atoms. The number of carbonyl (C=O) groups is 3. The summed E-state index contributed by atoms with van der Waals surface area (Å²) in [5.74, 6) is -0.757. The quantitative estimate of drug-likeness (QED) is 0.740. The van der Waals surface area contributed by atoms with Crippen molar-refractivity contribution < 1.29 is 14.4 Å². The third-order valence-corrected chi connectivity index (χ3v) is 3.61. The van der Waals surface area contributed by atoms with Gasteiger partial charge in [-0.25, -0.2) is 0 Å². The number of fused-ring (bicyclic) bond motifs is 1. The molecule has 138 valence electrons. The average molecular weight is 355 g/mol. The Kier molecular flexibility index (Phi) is 6.33. The van der Waals surface area contributed by atoms with E-state index in [1.807, 2.05) is 57.2 Å². The van der Waals surface area contributed by atoms with Crippen LogP contribution in [-0.4, -0.2) is 36.3 Å². The normalized spacial score (nSPS) is 11.0. The Hall–Kier alpha value is -2.89. The molecule has 0 fully saturated rings. The second kappa shape index (κ2) is 8.47. The molecule has 0 aliphatic heterocycles. The summed E-state index contributed by atoms with van der Waals surface area (Å²) in [6.45, 7) is 5.74. The minimum atomic E-state index is -0.338. The molecule has 0 aliphatic carbocycles. The third kappa shape index (κ3) is 6.20. The number of benzene rings is 2. The summed E-state index contributed by atoms with van der Waals surface area (Å²) in [5, 5.41) is 10.1. The van der Waals surface area contributed by atoms with Gasteiger partial charge in [0, 0.05) is 24.1 Å². The predicted molar refractivity (Wildman–Crippen MR) is 102 cm³/mol. The van der Waals surface area contributed by atoms with Crippen LogP contribution in [0.3, 0.4) is 0 Å². The number of carbonyl (C=O) groups excluding carboxylic acids is 3. The van der Waals surface area contributed by atoms with Crippen molar-refractivity contribution in [3.63, 3.8) is 0 Å². The Balaban J connectivity index is 1.75. The molecule has 0 bridgehead atoms. The van der Waals surface area contributed by atoms with Gasteiger partial charge in [-0.05, 0) is 43.7 Å². The van der Waals surface area contributed by atoms with E-state index in [1.54, 1.807) is 6.07 Å². The highest BCUT2D eigenvalue weighted by Gasteiger charge is 2.14. The fraction of sp³-hybridized carbons (Fsp3) is 0.350. The van der Waals surface area contributed by atoms with E-state index < -0.39 is 0 Å². The molecule has 0 aliphatic rings. The van der Waals surface area contributed by atoms with E-state index in [1.165, 1.54) is 0 Å². The first-order valence-corrected chi connectivity index (χ1v) is 8.59. The third-order valence-electron chi connectivity index (χ3n) is 3.61. The van der Waals surface area contributed by atoms with Crippen LogP contribution in [0.1, 0.15) is 37.6 Å². The molecule has 0 saturated carbocycles. The van der Waals surface area contributed by atoms with Crippen LogP contribution in [0.25, 0.3) is 10.8 Å². The number of amides is 3. The molecule has 0 unspecified atom stereocenters. The van der Waals surface area contributed by atoms with Crippen molar-refractivity contribution in [2.24, 2.45) is 0 Å². The zero-order chi connectivity index (χ0) is 19.2. The monoisotopic (exact) mass is 355 g/mol. The van der Waals surface area contributed by atoms with Crippen molar-refractivity contribution in [2.45, 2.75) is 32.7 Å². The van der Waals surface area contributed by atoms with E-state index in [2.05, 4.69) is 16.0 Å². The fourth-order valence-corrected chi connectivity index (χ4v) is 2.45. The van der Waals surface area contributed by atoms with E-state index in [4.69, 9.17) is 0 Å². The van der Waals surface area contributed by atoms with Gasteiger partial charge in [-0.2, -0.15) is 0 Å². The molecular formula is C20H25N3O3. The van der Waals surface area contributed by atoms with Gasteiger partial charge in [0.05, 0.1) is 6.54 Å². The van der Waals surface area contributed by atoms with Crippen LogP contribution >= 0.6 is 0 Å². The first-order chi connectivity index (χ1) is 12.2. The average Bonchev–Trinajstić information content (AvgIpc) is 2.58. The summed E-state index contributed by atoms with van der Waals surface area (Å²) >= 11 is 0. The summed E-state index contributed by atoms with van der Waals surface area (Å²) < 4.78 is 0. The Morgan fingerprint density at radius 2 is 1.58 bits per heavy atom. The van der Waals surface area contributed by atoms with Crippen LogP contribution in [0, 0.1) is 0 Å². The van der Waals surface area contributed by atoms with E-state index in [0.29, 0.717) is 5.56 Å². The first kappa shape index (κ1) is 19.4. The highest BCUT2D eigenvalue weighted by molar-refractivity contribution is 5.98. The lowest BCUT2D eigenvalue weighted by Crippen LogP contribution is -2.46. The highest BCUT2D eigenvalue weighted by Crippen LogP contribution is 2.15. The zero-order valence-corrected chi connectivity index (χ0v) is 15.4. The van der Waals surface area contributed by atoms with Gasteiger partial charge < -0.3 is 16.0 Å². The lowest BCUT2D eigenvalue weighted by molar-refractivity contribution is -0.126. The molecule has 2 aromatic rings. The molecule has 0 heterocycles. The predicted octanol–water partition coefficient (Wildman–Crippen LogP) is 1.99. The molecule has 0 atom stereocenters. The van der Waals surface area contributed by atoms with E-state index in [9.17, 15) is 14.4 Å². The number of nitrogens with one attached hydrogen (secondary N) is 3. The van der Waals surface area contributed by atoms with Crippen molar-refractivity contribution in [3.8, 4) is 0 Å². The van der Waals surface area contributed by atoms with Gasteiger partial charge in [0.2, 0.25) is 11.8 Å². The second-order valence-electron chi connectivity index (χ2n) is 7.14. The molecule has 3 N–H and O–H groups in total. The fourth-order valence-electron chi connectivity index (χ4n) is 2.45. The maximum atomic E-state index is 12.2. The van der Waals surface area contributed by atoms with Gasteiger partial charge in [-0.3, -0.25) is 14.4 Å². The molecule has 0 spiro atoms. The maximum absolute atomic E-state index is 12.2. The van der Waals surface area contributed by atoms with Crippen LogP contribution in [-0.2, 0) is 9.59 Å².